The molecule has 0 saturated heterocycles. The highest BCUT2D eigenvalue weighted by Gasteiger charge is 2.30. The predicted octanol–water partition coefficient (Wildman–Crippen LogP) is 3.02. The first-order valence-electron chi connectivity index (χ1n) is 7.22. The zero-order valence-electron chi connectivity index (χ0n) is 12.9. The van der Waals surface area contributed by atoms with Crippen molar-refractivity contribution in [2.24, 2.45) is 5.92 Å². The lowest BCUT2D eigenvalue weighted by Crippen LogP contribution is -2.47. The van der Waals surface area contributed by atoms with Gasteiger partial charge in [0.1, 0.15) is 5.75 Å². The first kappa shape index (κ1) is 17.8. The van der Waals surface area contributed by atoms with E-state index in [2.05, 4.69) is 5.32 Å². The number of nitrogens with one attached hydrogen (secondary N) is 1. The van der Waals surface area contributed by atoms with E-state index >= 15 is 0 Å². The number of rotatable bonds is 8. The maximum Gasteiger partial charge on any atom is 0.263 e. The van der Waals surface area contributed by atoms with Gasteiger partial charge < -0.3 is 15.2 Å². The van der Waals surface area contributed by atoms with Crippen molar-refractivity contribution in [3.05, 3.63) is 29.3 Å². The molecule has 1 atom stereocenters. The minimum Gasteiger partial charge on any atom is -0.478 e. The fraction of sp³-hybridized carbons (Fsp3) is 0.562. The fourth-order valence-electron chi connectivity index (χ4n) is 1.93. The average Bonchev–Trinajstić information content (AvgIpc) is 2.45. The Morgan fingerprint density at radius 2 is 2.00 bits per heavy atom. The number of hydrogen-bond acceptors (Lipinski definition) is 3. The Morgan fingerprint density at radius 3 is 2.52 bits per heavy atom. The third kappa shape index (κ3) is 5.94. The van der Waals surface area contributed by atoms with E-state index in [4.69, 9.17) is 21.4 Å². The van der Waals surface area contributed by atoms with Crippen LogP contribution >= 0.6 is 11.6 Å². The molecule has 0 spiro atoms. The number of ether oxygens (including phenoxy) is 1. The van der Waals surface area contributed by atoms with E-state index in [1.165, 1.54) is 0 Å². The molecule has 1 aromatic carbocycles. The molecule has 1 aromatic rings. The van der Waals surface area contributed by atoms with Gasteiger partial charge in [0, 0.05) is 18.2 Å². The Balaban J connectivity index is 2.56. The monoisotopic (exact) mass is 313 g/mol. The van der Waals surface area contributed by atoms with Gasteiger partial charge in [-0.3, -0.25) is 4.79 Å². The summed E-state index contributed by atoms with van der Waals surface area (Å²) in [7, 11) is 0. The van der Waals surface area contributed by atoms with E-state index in [0.717, 1.165) is 6.42 Å². The van der Waals surface area contributed by atoms with Gasteiger partial charge in [-0.15, -0.1) is 0 Å². The largest absolute Gasteiger partial charge is 0.478 e. The highest BCUT2D eigenvalue weighted by molar-refractivity contribution is 6.30. The van der Waals surface area contributed by atoms with Crippen LogP contribution in [0.15, 0.2) is 24.3 Å². The van der Waals surface area contributed by atoms with Crippen LogP contribution in [-0.2, 0) is 4.79 Å². The third-order valence-electron chi connectivity index (χ3n) is 3.40. The Labute approximate surface area is 131 Å². The van der Waals surface area contributed by atoms with Gasteiger partial charge in [0.2, 0.25) is 0 Å². The smallest absolute Gasteiger partial charge is 0.263 e. The Morgan fingerprint density at radius 1 is 1.38 bits per heavy atom. The Kier molecular flexibility index (Phi) is 6.99. The van der Waals surface area contributed by atoms with Gasteiger partial charge in [0.25, 0.3) is 5.91 Å². The van der Waals surface area contributed by atoms with Crippen molar-refractivity contribution < 1.29 is 14.6 Å². The molecule has 0 aromatic heterocycles. The molecule has 0 radical (unpaired) electrons. The van der Waals surface area contributed by atoms with E-state index in [9.17, 15) is 4.79 Å². The van der Waals surface area contributed by atoms with E-state index in [1.807, 2.05) is 6.92 Å². The van der Waals surface area contributed by atoms with Crippen molar-refractivity contribution in [3.8, 4) is 5.75 Å². The molecular weight excluding hydrogens is 290 g/mol. The fourth-order valence-corrected chi connectivity index (χ4v) is 2.05. The molecule has 0 fully saturated rings. The SMILES string of the molecule is CCC(CCO)CNC(=O)C(C)(C)Oc1ccc(Cl)cc1. The van der Waals surface area contributed by atoms with Crippen LogP contribution in [0.4, 0.5) is 0 Å². The first-order valence-corrected chi connectivity index (χ1v) is 7.60. The van der Waals surface area contributed by atoms with Gasteiger partial charge in [-0.1, -0.05) is 24.9 Å². The second kappa shape index (κ2) is 8.25. The summed E-state index contributed by atoms with van der Waals surface area (Å²) in [5.74, 6) is 0.709. The zero-order chi connectivity index (χ0) is 15.9. The van der Waals surface area contributed by atoms with Crippen molar-refractivity contribution in [2.45, 2.75) is 39.2 Å². The summed E-state index contributed by atoms with van der Waals surface area (Å²) in [4.78, 5) is 12.2. The minimum absolute atomic E-state index is 0.138. The molecule has 1 unspecified atom stereocenters. The van der Waals surface area contributed by atoms with Gasteiger partial charge in [-0.2, -0.15) is 0 Å². The van der Waals surface area contributed by atoms with Crippen molar-refractivity contribution in [2.75, 3.05) is 13.2 Å². The molecule has 1 amide bonds. The van der Waals surface area contributed by atoms with Crippen LogP contribution in [0.5, 0.6) is 5.75 Å². The number of aliphatic hydroxyl groups excluding tert-OH is 1. The van der Waals surface area contributed by atoms with Crippen LogP contribution in [0.1, 0.15) is 33.6 Å². The molecule has 0 aliphatic rings. The lowest BCUT2D eigenvalue weighted by atomic mass is 10.0. The maximum atomic E-state index is 12.2. The standard InChI is InChI=1S/C16H24ClNO3/c1-4-12(9-10-19)11-18-15(20)16(2,3)21-14-7-5-13(17)6-8-14/h5-8,12,19H,4,9-11H2,1-3H3,(H,18,20). The third-order valence-corrected chi connectivity index (χ3v) is 3.65. The average molecular weight is 314 g/mol. The minimum atomic E-state index is -0.967. The van der Waals surface area contributed by atoms with Gasteiger partial charge in [0.15, 0.2) is 5.60 Å². The van der Waals surface area contributed by atoms with Crippen LogP contribution < -0.4 is 10.1 Å². The summed E-state index contributed by atoms with van der Waals surface area (Å²) in [5.41, 5.74) is -0.967. The van der Waals surface area contributed by atoms with Crippen molar-refractivity contribution in [3.63, 3.8) is 0 Å². The quantitative estimate of drug-likeness (QED) is 0.775. The molecule has 2 N–H and O–H groups in total. The molecule has 0 saturated carbocycles. The number of hydrogen-bond donors (Lipinski definition) is 2. The van der Waals surface area contributed by atoms with E-state index in [0.29, 0.717) is 23.7 Å². The topological polar surface area (TPSA) is 58.6 Å². The van der Waals surface area contributed by atoms with E-state index in [1.54, 1.807) is 38.1 Å². The highest BCUT2D eigenvalue weighted by atomic mass is 35.5. The number of amides is 1. The first-order chi connectivity index (χ1) is 9.89. The molecule has 4 nitrogen and oxygen atoms in total. The molecule has 5 heteroatoms. The summed E-state index contributed by atoms with van der Waals surface area (Å²) in [6, 6.07) is 6.91. The van der Waals surface area contributed by atoms with Gasteiger partial charge >= 0.3 is 0 Å². The summed E-state index contributed by atoms with van der Waals surface area (Å²) < 4.78 is 5.72. The lowest BCUT2D eigenvalue weighted by molar-refractivity contribution is -0.134. The maximum absolute atomic E-state index is 12.2. The number of benzene rings is 1. The number of aliphatic hydroxyl groups is 1. The van der Waals surface area contributed by atoms with Crippen LogP contribution in [0.2, 0.25) is 5.02 Å². The van der Waals surface area contributed by atoms with Crippen LogP contribution in [0, 0.1) is 5.92 Å². The molecule has 0 bridgehead atoms. The van der Waals surface area contributed by atoms with Crippen molar-refractivity contribution >= 4 is 17.5 Å². The van der Waals surface area contributed by atoms with Crippen LogP contribution in [0.3, 0.4) is 0 Å². The van der Waals surface area contributed by atoms with Crippen LogP contribution in [-0.4, -0.2) is 29.8 Å². The summed E-state index contributed by atoms with van der Waals surface area (Å²) in [5, 5.41) is 12.5. The Hall–Kier alpha value is -1.26. The van der Waals surface area contributed by atoms with Gasteiger partial charge in [-0.05, 0) is 50.5 Å². The summed E-state index contributed by atoms with van der Waals surface area (Å²) in [6.45, 7) is 6.18. The second-order valence-electron chi connectivity index (χ2n) is 5.56. The second-order valence-corrected chi connectivity index (χ2v) is 6.00. The molecule has 0 heterocycles. The highest BCUT2D eigenvalue weighted by Crippen LogP contribution is 2.21. The molecule has 0 aliphatic carbocycles. The molecule has 118 valence electrons. The van der Waals surface area contributed by atoms with Crippen LogP contribution in [0.25, 0.3) is 0 Å². The molecule has 1 rings (SSSR count). The summed E-state index contributed by atoms with van der Waals surface area (Å²) >= 11 is 5.82. The lowest BCUT2D eigenvalue weighted by Gasteiger charge is -2.26. The van der Waals surface area contributed by atoms with E-state index < -0.39 is 5.60 Å². The van der Waals surface area contributed by atoms with E-state index in [-0.39, 0.29) is 18.4 Å². The zero-order valence-corrected chi connectivity index (χ0v) is 13.6. The van der Waals surface area contributed by atoms with Crippen molar-refractivity contribution in [1.82, 2.24) is 5.32 Å². The predicted molar refractivity (Wildman–Crippen MR) is 84.7 cm³/mol. The molecule has 21 heavy (non-hydrogen) atoms. The Bertz CT molecular complexity index is 445. The normalized spacial score (nSPS) is 12.8. The number of halogens is 1. The van der Waals surface area contributed by atoms with Crippen molar-refractivity contribution in [1.29, 1.82) is 0 Å². The molecule has 0 aliphatic heterocycles. The number of carbonyl (C=O) groups is 1. The summed E-state index contributed by atoms with van der Waals surface area (Å²) in [6.07, 6.45) is 1.61. The van der Waals surface area contributed by atoms with Gasteiger partial charge in [0.05, 0.1) is 0 Å². The molecular formula is C16H24ClNO3. The number of carbonyl (C=O) groups excluding carboxylic acids is 1. The van der Waals surface area contributed by atoms with Gasteiger partial charge in [-0.25, -0.2) is 0 Å².